The number of alkyl halides is 3. The van der Waals surface area contributed by atoms with E-state index in [-0.39, 0.29) is 77.3 Å². The molecule has 0 aromatic heterocycles. The van der Waals surface area contributed by atoms with Crippen LogP contribution in [0.3, 0.4) is 0 Å². The molecular weight excluding hydrogens is 731 g/mol. The van der Waals surface area contributed by atoms with Crippen LogP contribution in [0.25, 0.3) is 11.1 Å². The van der Waals surface area contributed by atoms with Gasteiger partial charge in [0.2, 0.25) is 11.8 Å². The van der Waals surface area contributed by atoms with Gasteiger partial charge >= 0.3 is 26.4 Å². The predicted octanol–water partition coefficient (Wildman–Crippen LogP) is 0.366. The Bertz CT molecular complexity index is 2140. The number of hydrogen-bond donors (Lipinski definition) is 4. The molecule has 0 bridgehead atoms. The number of halogens is 3. The van der Waals surface area contributed by atoms with Crippen molar-refractivity contribution in [2.75, 3.05) is 6.54 Å². The molecule has 0 spiro atoms. The van der Waals surface area contributed by atoms with Crippen molar-refractivity contribution in [1.29, 1.82) is 0 Å². The molecule has 7 rings (SSSR count). The van der Waals surface area contributed by atoms with Crippen LogP contribution >= 0.6 is 0 Å². The lowest BCUT2D eigenvalue weighted by Crippen LogP contribution is -2.47. The van der Waals surface area contributed by atoms with Gasteiger partial charge in [0.25, 0.3) is 17.7 Å². The first-order chi connectivity index (χ1) is 26.1. The van der Waals surface area contributed by atoms with E-state index in [1.165, 1.54) is 29.2 Å². The van der Waals surface area contributed by atoms with Crippen molar-refractivity contribution in [3.63, 3.8) is 0 Å². The number of nitrogens with one attached hydrogen (secondary N) is 1. The first-order valence-corrected chi connectivity index (χ1v) is 17.2. The molecule has 0 aliphatic carbocycles. The lowest BCUT2D eigenvalue weighted by atomic mass is 9.74. The summed E-state index contributed by atoms with van der Waals surface area (Å²) >= 11 is 0. The molecule has 4 heterocycles. The second-order valence-corrected chi connectivity index (χ2v) is 13.5. The van der Waals surface area contributed by atoms with Crippen molar-refractivity contribution in [1.82, 2.24) is 15.3 Å². The van der Waals surface area contributed by atoms with Crippen LogP contribution < -0.4 is 22.0 Å². The summed E-state index contributed by atoms with van der Waals surface area (Å²) in [7, 11) is -2.75. The highest BCUT2D eigenvalue weighted by atomic mass is 19.4. The average Bonchev–Trinajstić information content (AvgIpc) is 3.95. The maximum atomic E-state index is 14.6. The number of hydrogen-bond acceptors (Lipinski definition) is 11. The predicted molar refractivity (Wildman–Crippen MR) is 183 cm³/mol. The number of benzene rings is 3. The van der Waals surface area contributed by atoms with E-state index in [9.17, 15) is 52.0 Å². The fourth-order valence-electron chi connectivity index (χ4n) is 7.24. The average molecular weight is 762 g/mol. The second-order valence-electron chi connectivity index (χ2n) is 13.5. The number of hydroxylamine groups is 2. The van der Waals surface area contributed by atoms with Gasteiger partial charge in [-0.25, -0.2) is 4.79 Å². The Hall–Kier alpha value is -5.56. The number of likely N-dealkylation sites (tertiary alicyclic amines) is 1. The van der Waals surface area contributed by atoms with Gasteiger partial charge in [-0.2, -0.15) is 13.2 Å². The highest BCUT2D eigenvalue weighted by Gasteiger charge is 2.41. The van der Waals surface area contributed by atoms with E-state index in [0.29, 0.717) is 23.1 Å². The van der Waals surface area contributed by atoms with Crippen LogP contribution in [-0.4, -0.2) is 82.3 Å². The van der Waals surface area contributed by atoms with Crippen molar-refractivity contribution in [3.8, 4) is 11.1 Å². The minimum atomic E-state index is -4.78. The second kappa shape index (κ2) is 14.6. The minimum absolute atomic E-state index is 0.00818. The molecule has 4 aliphatic heterocycles. The third-order valence-corrected chi connectivity index (χ3v) is 10.0. The van der Waals surface area contributed by atoms with Crippen LogP contribution in [0.4, 0.5) is 13.2 Å². The quantitative estimate of drug-likeness (QED) is 0.173. The molecule has 0 radical (unpaired) electrons. The standard InChI is InChI=1S/C35H31B2F3N4O11/c38-35(39,40)20-4-1-3-17(9-20)27(14-31(47)55-44-29(45)6-7-30(44)46)42-33(49)28-5-2-8-43(28)34(50)23-13-25-19(15-53-36(25)51)11-21(23)22-10-18(32(41)48)12-26-24(22)16-54-37(26)52/h1,3-4,9-13,27-28,51-52H,2,5-8,14-16H2,(H2,41,48)(H,42,49)/t27-,28-/m0/s1. The van der Waals surface area contributed by atoms with Gasteiger partial charge < -0.3 is 40.1 Å². The van der Waals surface area contributed by atoms with E-state index in [1.54, 1.807) is 6.07 Å². The van der Waals surface area contributed by atoms with E-state index >= 15 is 0 Å². The smallest absolute Gasteiger partial charge is 0.423 e. The number of nitrogens with zero attached hydrogens (tertiary/aromatic N) is 2. The van der Waals surface area contributed by atoms with Crippen LogP contribution in [0.5, 0.6) is 0 Å². The molecule has 2 atom stereocenters. The molecule has 284 valence electrons. The van der Waals surface area contributed by atoms with E-state index in [1.807, 2.05) is 0 Å². The van der Waals surface area contributed by atoms with Gasteiger partial charge in [0.05, 0.1) is 31.2 Å². The van der Waals surface area contributed by atoms with Crippen molar-refractivity contribution in [2.45, 2.75) is 63.6 Å². The van der Waals surface area contributed by atoms with Crippen molar-refractivity contribution in [2.24, 2.45) is 5.73 Å². The zero-order valence-electron chi connectivity index (χ0n) is 28.8. The zero-order valence-corrected chi connectivity index (χ0v) is 28.8. The van der Waals surface area contributed by atoms with Crippen molar-refractivity contribution >= 4 is 60.7 Å². The lowest BCUT2D eigenvalue weighted by Gasteiger charge is -2.28. The van der Waals surface area contributed by atoms with Crippen LogP contribution in [0.1, 0.15) is 81.1 Å². The molecule has 5 amide bonds. The number of amides is 5. The van der Waals surface area contributed by atoms with Gasteiger partial charge in [-0.15, -0.1) is 5.06 Å². The Kier molecular flexibility index (Phi) is 10.0. The minimum Gasteiger partial charge on any atom is -0.423 e. The highest BCUT2D eigenvalue weighted by molar-refractivity contribution is 6.62. The molecule has 55 heavy (non-hydrogen) atoms. The monoisotopic (exact) mass is 762 g/mol. The molecule has 3 aromatic carbocycles. The summed E-state index contributed by atoms with van der Waals surface area (Å²) in [5.41, 5.74) is 6.53. The molecule has 4 aliphatic rings. The molecule has 2 saturated heterocycles. The summed E-state index contributed by atoms with van der Waals surface area (Å²) in [4.78, 5) is 84.2. The van der Waals surface area contributed by atoms with Gasteiger partial charge in [-0.1, -0.05) is 12.1 Å². The number of imide groups is 1. The van der Waals surface area contributed by atoms with Gasteiger partial charge in [-0.3, -0.25) is 24.0 Å². The van der Waals surface area contributed by atoms with Crippen molar-refractivity contribution in [3.05, 3.63) is 81.9 Å². The maximum absolute atomic E-state index is 14.6. The molecule has 2 fully saturated rings. The fourth-order valence-corrected chi connectivity index (χ4v) is 7.24. The Labute approximate surface area is 310 Å². The van der Waals surface area contributed by atoms with Crippen LogP contribution in [-0.2, 0) is 52.7 Å². The Morgan fingerprint density at radius 2 is 1.67 bits per heavy atom. The van der Waals surface area contributed by atoms with E-state index in [4.69, 9.17) is 19.9 Å². The van der Waals surface area contributed by atoms with E-state index in [2.05, 4.69) is 5.32 Å². The lowest BCUT2D eigenvalue weighted by molar-refractivity contribution is -0.197. The SMILES string of the molecule is NC(=O)c1cc2c(c(-c3cc4c(cc3C(=O)N3CCC[C@H]3C(=O)N[C@@H](CC(=O)ON3C(=O)CCC3=O)c3cccc(C(F)(F)F)c3)B(O)OC4)c1)COB2O. The summed E-state index contributed by atoms with van der Waals surface area (Å²) in [6.07, 6.45) is -5.50. The number of carbonyl (C=O) groups is 6. The van der Waals surface area contributed by atoms with E-state index in [0.717, 1.165) is 18.2 Å². The van der Waals surface area contributed by atoms with Crippen LogP contribution in [0, 0.1) is 0 Å². The van der Waals surface area contributed by atoms with Crippen molar-refractivity contribution < 1.29 is 66.1 Å². The molecule has 20 heteroatoms. The Morgan fingerprint density at radius 1 is 0.964 bits per heavy atom. The largest absolute Gasteiger partial charge is 0.491 e. The maximum Gasteiger partial charge on any atom is 0.491 e. The number of carbonyl (C=O) groups excluding carboxylic acids is 6. The first kappa shape index (κ1) is 37.7. The summed E-state index contributed by atoms with van der Waals surface area (Å²) in [5.74, 6) is -5.07. The summed E-state index contributed by atoms with van der Waals surface area (Å²) in [5, 5.41) is 23.9. The van der Waals surface area contributed by atoms with Gasteiger partial charge in [-0.05, 0) is 88.0 Å². The third kappa shape index (κ3) is 7.32. The first-order valence-electron chi connectivity index (χ1n) is 17.2. The molecule has 0 saturated carbocycles. The van der Waals surface area contributed by atoms with E-state index < -0.39 is 80.0 Å². The number of primary amides is 1. The number of fused-ring (bicyclic) bond motifs is 2. The van der Waals surface area contributed by atoms with Gasteiger partial charge in [0.1, 0.15) is 6.04 Å². The molecule has 0 unspecified atom stereocenters. The summed E-state index contributed by atoms with van der Waals surface area (Å²) in [6, 6.07) is 7.07. The number of rotatable bonds is 9. The normalized spacial score (nSPS) is 18.5. The Balaban J connectivity index is 1.22. The summed E-state index contributed by atoms with van der Waals surface area (Å²) in [6.45, 7) is -0.0326. The van der Waals surface area contributed by atoms with Gasteiger partial charge in [0, 0.05) is 30.5 Å². The molecule has 3 aromatic rings. The van der Waals surface area contributed by atoms with Crippen LogP contribution in [0.2, 0.25) is 0 Å². The third-order valence-electron chi connectivity index (χ3n) is 10.0. The Morgan fingerprint density at radius 3 is 2.38 bits per heavy atom. The highest BCUT2D eigenvalue weighted by Crippen LogP contribution is 2.35. The van der Waals surface area contributed by atoms with Crippen LogP contribution in [0.15, 0.2) is 48.5 Å². The number of nitrogens with two attached hydrogens (primary N) is 1. The fraction of sp³-hybridized carbons (Fsp3) is 0.314. The molecular formula is C35H31B2F3N4O11. The molecule has 15 nitrogen and oxygen atoms in total. The molecule has 5 N–H and O–H groups in total. The zero-order chi connectivity index (χ0) is 39.3. The van der Waals surface area contributed by atoms with Gasteiger partial charge in [0.15, 0.2) is 0 Å². The topological polar surface area (TPSA) is 215 Å². The summed E-state index contributed by atoms with van der Waals surface area (Å²) < 4.78 is 51.9.